The molecule has 0 saturated heterocycles. The van der Waals surface area contributed by atoms with Gasteiger partial charge >= 0.3 is 0 Å². The number of ether oxygens (including phenoxy) is 1. The number of hydrogen-bond acceptors (Lipinski definition) is 4. The van der Waals surface area contributed by atoms with Crippen LogP contribution in [0.3, 0.4) is 0 Å². The van der Waals surface area contributed by atoms with Crippen molar-refractivity contribution in [2.75, 3.05) is 31.3 Å². The zero-order valence-corrected chi connectivity index (χ0v) is 11.0. The van der Waals surface area contributed by atoms with E-state index in [0.29, 0.717) is 24.5 Å². The average molecular weight is 238 g/mol. The van der Waals surface area contributed by atoms with Crippen LogP contribution in [0.15, 0.2) is 18.2 Å². The van der Waals surface area contributed by atoms with Gasteiger partial charge in [-0.1, -0.05) is 0 Å². The van der Waals surface area contributed by atoms with E-state index in [1.165, 1.54) is 0 Å². The average Bonchev–Trinajstić information content (AvgIpc) is 2.18. The second-order valence-corrected chi connectivity index (χ2v) is 5.03. The van der Waals surface area contributed by atoms with E-state index in [9.17, 15) is 5.11 Å². The number of benzene rings is 1. The van der Waals surface area contributed by atoms with Crippen LogP contribution in [0.5, 0.6) is 5.75 Å². The molecule has 0 bridgehead atoms. The summed E-state index contributed by atoms with van der Waals surface area (Å²) in [6.07, 6.45) is 0.568. The molecule has 0 spiro atoms. The van der Waals surface area contributed by atoms with Gasteiger partial charge in [0.2, 0.25) is 0 Å². The van der Waals surface area contributed by atoms with Crippen molar-refractivity contribution in [1.82, 2.24) is 0 Å². The first-order chi connectivity index (χ1) is 7.79. The summed E-state index contributed by atoms with van der Waals surface area (Å²) in [6.45, 7) is 3.97. The standard InChI is InChI=1S/C13H22N2O2/c1-13(2,16)7-8-17-12-9-10(15(3)4)5-6-11(12)14/h5-6,9,16H,7-8,14H2,1-4H3. The molecule has 4 heteroatoms. The Hall–Kier alpha value is -1.42. The van der Waals surface area contributed by atoms with Crippen LogP contribution < -0.4 is 15.4 Å². The summed E-state index contributed by atoms with van der Waals surface area (Å²) < 4.78 is 5.59. The van der Waals surface area contributed by atoms with Crippen molar-refractivity contribution in [3.05, 3.63) is 18.2 Å². The predicted octanol–water partition coefficient (Wildman–Crippen LogP) is 1.87. The summed E-state index contributed by atoms with van der Waals surface area (Å²) in [4.78, 5) is 1.99. The van der Waals surface area contributed by atoms with Crippen LogP contribution >= 0.6 is 0 Å². The van der Waals surface area contributed by atoms with Gasteiger partial charge < -0.3 is 20.5 Å². The molecule has 0 amide bonds. The van der Waals surface area contributed by atoms with Gasteiger partial charge in [0.05, 0.1) is 17.9 Å². The van der Waals surface area contributed by atoms with Crippen LogP contribution in [-0.4, -0.2) is 31.4 Å². The van der Waals surface area contributed by atoms with E-state index in [1.807, 2.05) is 37.2 Å². The zero-order chi connectivity index (χ0) is 13.1. The normalized spacial score (nSPS) is 11.4. The van der Waals surface area contributed by atoms with Crippen molar-refractivity contribution in [3.8, 4) is 5.75 Å². The molecule has 0 unspecified atom stereocenters. The van der Waals surface area contributed by atoms with Crippen LogP contribution in [-0.2, 0) is 0 Å². The molecular weight excluding hydrogens is 216 g/mol. The fourth-order valence-corrected chi connectivity index (χ4v) is 1.34. The first-order valence-corrected chi connectivity index (χ1v) is 5.71. The summed E-state index contributed by atoms with van der Waals surface area (Å²) in [5, 5.41) is 9.59. The Labute approximate surface area is 103 Å². The molecule has 1 rings (SSSR count). The molecule has 0 saturated carbocycles. The lowest BCUT2D eigenvalue weighted by molar-refractivity contribution is 0.0554. The van der Waals surface area contributed by atoms with E-state index < -0.39 is 5.60 Å². The summed E-state index contributed by atoms with van der Waals surface area (Å²) in [6, 6.07) is 5.67. The number of aliphatic hydroxyl groups is 1. The Morgan fingerprint density at radius 2 is 2.00 bits per heavy atom. The fraction of sp³-hybridized carbons (Fsp3) is 0.538. The van der Waals surface area contributed by atoms with Gasteiger partial charge in [-0.3, -0.25) is 0 Å². The lowest BCUT2D eigenvalue weighted by Gasteiger charge is -2.19. The summed E-state index contributed by atoms with van der Waals surface area (Å²) >= 11 is 0. The van der Waals surface area contributed by atoms with E-state index in [1.54, 1.807) is 13.8 Å². The monoisotopic (exact) mass is 238 g/mol. The Bertz CT molecular complexity index is 370. The van der Waals surface area contributed by atoms with Crippen LogP contribution in [0.4, 0.5) is 11.4 Å². The van der Waals surface area contributed by atoms with Crippen molar-refractivity contribution in [2.24, 2.45) is 0 Å². The number of rotatable bonds is 5. The second kappa shape index (κ2) is 5.27. The highest BCUT2D eigenvalue weighted by Crippen LogP contribution is 2.27. The van der Waals surface area contributed by atoms with Gasteiger partial charge in [0.25, 0.3) is 0 Å². The molecule has 0 fully saturated rings. The van der Waals surface area contributed by atoms with Gasteiger partial charge in [-0.15, -0.1) is 0 Å². The first-order valence-electron chi connectivity index (χ1n) is 5.71. The highest BCUT2D eigenvalue weighted by molar-refractivity contribution is 5.61. The Kier molecular flexibility index (Phi) is 4.23. The number of nitrogens with two attached hydrogens (primary N) is 1. The van der Waals surface area contributed by atoms with E-state index in [2.05, 4.69) is 0 Å². The Morgan fingerprint density at radius 3 is 2.53 bits per heavy atom. The largest absolute Gasteiger partial charge is 0.491 e. The molecule has 17 heavy (non-hydrogen) atoms. The number of hydrogen-bond donors (Lipinski definition) is 2. The third kappa shape index (κ3) is 4.53. The zero-order valence-electron chi connectivity index (χ0n) is 11.0. The van der Waals surface area contributed by atoms with Crippen molar-refractivity contribution >= 4 is 11.4 Å². The van der Waals surface area contributed by atoms with E-state index in [4.69, 9.17) is 10.5 Å². The minimum absolute atomic E-state index is 0.449. The topological polar surface area (TPSA) is 58.7 Å². The minimum atomic E-state index is -0.714. The molecule has 0 aliphatic heterocycles. The van der Waals surface area contributed by atoms with Gasteiger partial charge in [0, 0.05) is 32.3 Å². The van der Waals surface area contributed by atoms with E-state index in [-0.39, 0.29) is 0 Å². The third-order valence-electron chi connectivity index (χ3n) is 2.48. The van der Waals surface area contributed by atoms with Gasteiger partial charge in [-0.2, -0.15) is 0 Å². The summed E-state index contributed by atoms with van der Waals surface area (Å²) in [7, 11) is 3.93. The van der Waals surface area contributed by atoms with Crippen molar-refractivity contribution in [2.45, 2.75) is 25.9 Å². The number of nitrogens with zero attached hydrogens (tertiary/aromatic N) is 1. The number of nitrogen functional groups attached to an aromatic ring is 1. The SMILES string of the molecule is CN(C)c1ccc(N)c(OCCC(C)(C)O)c1. The van der Waals surface area contributed by atoms with Gasteiger partial charge in [-0.25, -0.2) is 0 Å². The van der Waals surface area contributed by atoms with E-state index in [0.717, 1.165) is 5.69 Å². The maximum absolute atomic E-state index is 9.59. The summed E-state index contributed by atoms with van der Waals surface area (Å²) in [5.41, 5.74) is 6.78. The Morgan fingerprint density at radius 1 is 1.35 bits per heavy atom. The highest BCUT2D eigenvalue weighted by atomic mass is 16.5. The molecule has 3 N–H and O–H groups in total. The number of anilines is 2. The minimum Gasteiger partial charge on any atom is -0.491 e. The quantitative estimate of drug-likeness (QED) is 0.769. The van der Waals surface area contributed by atoms with Gasteiger partial charge in [-0.05, 0) is 26.0 Å². The predicted molar refractivity (Wildman–Crippen MR) is 71.6 cm³/mol. The first kappa shape index (κ1) is 13.6. The molecule has 0 radical (unpaired) electrons. The Balaban J connectivity index is 2.67. The van der Waals surface area contributed by atoms with Gasteiger partial charge in [0.1, 0.15) is 5.75 Å². The molecule has 4 nitrogen and oxygen atoms in total. The molecule has 0 aliphatic carbocycles. The van der Waals surface area contributed by atoms with Crippen LogP contribution in [0.1, 0.15) is 20.3 Å². The molecule has 96 valence electrons. The lowest BCUT2D eigenvalue weighted by atomic mass is 10.1. The molecule has 1 aromatic rings. The second-order valence-electron chi connectivity index (χ2n) is 5.03. The molecule has 0 aliphatic rings. The molecule has 0 heterocycles. The van der Waals surface area contributed by atoms with Crippen molar-refractivity contribution in [3.63, 3.8) is 0 Å². The molecule has 0 atom stereocenters. The van der Waals surface area contributed by atoms with Crippen molar-refractivity contribution in [1.29, 1.82) is 0 Å². The fourth-order valence-electron chi connectivity index (χ4n) is 1.34. The highest BCUT2D eigenvalue weighted by Gasteiger charge is 2.13. The van der Waals surface area contributed by atoms with Crippen LogP contribution in [0.2, 0.25) is 0 Å². The van der Waals surface area contributed by atoms with Gasteiger partial charge in [0.15, 0.2) is 0 Å². The molecule has 0 aromatic heterocycles. The molecular formula is C13H22N2O2. The lowest BCUT2D eigenvalue weighted by Crippen LogP contribution is -2.22. The van der Waals surface area contributed by atoms with Crippen LogP contribution in [0.25, 0.3) is 0 Å². The van der Waals surface area contributed by atoms with Crippen molar-refractivity contribution < 1.29 is 9.84 Å². The maximum atomic E-state index is 9.59. The summed E-state index contributed by atoms with van der Waals surface area (Å²) in [5.74, 6) is 0.667. The van der Waals surface area contributed by atoms with Crippen LogP contribution in [0, 0.1) is 0 Å². The molecule has 1 aromatic carbocycles. The smallest absolute Gasteiger partial charge is 0.144 e. The third-order valence-corrected chi connectivity index (χ3v) is 2.48. The van der Waals surface area contributed by atoms with E-state index >= 15 is 0 Å². The maximum Gasteiger partial charge on any atom is 0.144 e.